The Kier molecular flexibility index (Phi) is 5.41. The van der Waals surface area contributed by atoms with Crippen LogP contribution in [0.15, 0.2) is 0 Å². The third-order valence-corrected chi connectivity index (χ3v) is 3.29. The fourth-order valence-electron chi connectivity index (χ4n) is 1.94. The van der Waals surface area contributed by atoms with Crippen molar-refractivity contribution in [3.63, 3.8) is 0 Å². The Bertz CT molecular complexity index is 277. The molecule has 1 aliphatic carbocycles. The third kappa shape index (κ3) is 4.34. The summed E-state index contributed by atoms with van der Waals surface area (Å²) in [6.45, 7) is 7.88. The molecule has 5 heteroatoms. The van der Waals surface area contributed by atoms with Crippen LogP contribution in [0.3, 0.4) is 0 Å². The van der Waals surface area contributed by atoms with Gasteiger partial charge in [-0.05, 0) is 32.5 Å². The van der Waals surface area contributed by atoms with Crippen molar-refractivity contribution >= 4 is 11.9 Å². The van der Waals surface area contributed by atoms with Crippen molar-refractivity contribution in [2.75, 3.05) is 26.2 Å². The minimum atomic E-state index is -0.853. The highest BCUT2D eigenvalue weighted by Crippen LogP contribution is 2.38. The minimum Gasteiger partial charge on any atom is -0.481 e. The molecule has 0 spiro atoms. The molecule has 2 unspecified atom stereocenters. The van der Waals surface area contributed by atoms with Crippen LogP contribution in [0.5, 0.6) is 0 Å². The Labute approximate surface area is 102 Å². The van der Waals surface area contributed by atoms with Crippen molar-refractivity contribution in [2.24, 2.45) is 11.8 Å². The number of hydrogen-bond acceptors (Lipinski definition) is 3. The Morgan fingerprint density at radius 2 is 1.94 bits per heavy atom. The Balaban J connectivity index is 2.08. The summed E-state index contributed by atoms with van der Waals surface area (Å²) in [5, 5.41) is 11.5. The molecule has 0 heterocycles. The first-order valence-corrected chi connectivity index (χ1v) is 6.33. The van der Waals surface area contributed by atoms with E-state index in [1.54, 1.807) is 0 Å². The Morgan fingerprint density at radius 3 is 2.41 bits per heavy atom. The van der Waals surface area contributed by atoms with Gasteiger partial charge in [0.15, 0.2) is 0 Å². The second-order valence-corrected chi connectivity index (χ2v) is 4.46. The Morgan fingerprint density at radius 1 is 1.29 bits per heavy atom. The van der Waals surface area contributed by atoms with E-state index in [2.05, 4.69) is 24.1 Å². The van der Waals surface area contributed by atoms with Gasteiger partial charge in [0.05, 0.1) is 11.8 Å². The summed E-state index contributed by atoms with van der Waals surface area (Å²) in [6, 6.07) is 0. The minimum absolute atomic E-state index is 0.100. The van der Waals surface area contributed by atoms with Crippen LogP contribution in [0.4, 0.5) is 0 Å². The molecule has 1 saturated carbocycles. The number of carbonyl (C=O) groups is 2. The van der Waals surface area contributed by atoms with Crippen molar-refractivity contribution in [1.29, 1.82) is 0 Å². The molecule has 0 saturated heterocycles. The molecule has 2 N–H and O–H groups in total. The summed E-state index contributed by atoms with van der Waals surface area (Å²) in [5.41, 5.74) is 0. The van der Waals surface area contributed by atoms with Gasteiger partial charge in [-0.25, -0.2) is 0 Å². The molecule has 5 nitrogen and oxygen atoms in total. The van der Waals surface area contributed by atoms with E-state index in [4.69, 9.17) is 5.11 Å². The number of amides is 1. The number of nitrogens with one attached hydrogen (secondary N) is 1. The van der Waals surface area contributed by atoms with Crippen LogP contribution in [0.25, 0.3) is 0 Å². The lowest BCUT2D eigenvalue weighted by Gasteiger charge is -2.17. The molecule has 1 fully saturated rings. The highest BCUT2D eigenvalue weighted by Gasteiger charge is 2.48. The van der Waals surface area contributed by atoms with Crippen LogP contribution < -0.4 is 5.32 Å². The molecule has 0 aromatic rings. The summed E-state index contributed by atoms with van der Waals surface area (Å²) in [4.78, 5) is 24.4. The molecule has 0 aliphatic heterocycles. The van der Waals surface area contributed by atoms with E-state index < -0.39 is 11.9 Å². The summed E-state index contributed by atoms with van der Waals surface area (Å²) < 4.78 is 0. The molecule has 0 aromatic carbocycles. The Hall–Kier alpha value is -1.10. The summed E-state index contributed by atoms with van der Waals surface area (Å²) in [5.74, 6) is -1.69. The fourth-order valence-corrected chi connectivity index (χ4v) is 1.94. The number of carbonyl (C=O) groups excluding carboxylic acids is 1. The highest BCUT2D eigenvalue weighted by molar-refractivity contribution is 5.89. The first-order valence-electron chi connectivity index (χ1n) is 6.33. The third-order valence-electron chi connectivity index (χ3n) is 3.29. The van der Waals surface area contributed by atoms with Gasteiger partial charge in [0, 0.05) is 6.54 Å². The maximum absolute atomic E-state index is 11.5. The van der Waals surface area contributed by atoms with E-state index in [-0.39, 0.29) is 11.8 Å². The monoisotopic (exact) mass is 242 g/mol. The summed E-state index contributed by atoms with van der Waals surface area (Å²) in [6.07, 6.45) is 1.41. The van der Waals surface area contributed by atoms with Crippen LogP contribution in [-0.2, 0) is 9.59 Å². The fraction of sp³-hybridized carbons (Fsp3) is 0.833. The van der Waals surface area contributed by atoms with E-state index in [1.165, 1.54) is 0 Å². The van der Waals surface area contributed by atoms with E-state index in [0.29, 0.717) is 13.0 Å². The predicted molar refractivity (Wildman–Crippen MR) is 64.6 cm³/mol. The second-order valence-electron chi connectivity index (χ2n) is 4.46. The van der Waals surface area contributed by atoms with Crippen LogP contribution in [-0.4, -0.2) is 48.1 Å². The van der Waals surface area contributed by atoms with E-state index in [9.17, 15) is 9.59 Å². The van der Waals surface area contributed by atoms with Crippen LogP contribution in [0.1, 0.15) is 26.7 Å². The van der Waals surface area contributed by atoms with Crippen molar-refractivity contribution in [2.45, 2.75) is 26.7 Å². The van der Waals surface area contributed by atoms with Crippen molar-refractivity contribution in [1.82, 2.24) is 10.2 Å². The van der Waals surface area contributed by atoms with Gasteiger partial charge in [-0.2, -0.15) is 0 Å². The standard InChI is InChI=1S/C12H22N2O3/c1-3-14(4-2)7-5-6-13-11(15)9-8-10(9)12(16)17/h9-10H,3-8H2,1-2H3,(H,13,15)(H,16,17). The normalized spacial score (nSPS) is 22.5. The number of nitrogens with zero attached hydrogens (tertiary/aromatic N) is 1. The molecular weight excluding hydrogens is 220 g/mol. The zero-order chi connectivity index (χ0) is 12.8. The van der Waals surface area contributed by atoms with Crippen molar-refractivity contribution in [3.8, 4) is 0 Å². The molecule has 1 amide bonds. The molecule has 98 valence electrons. The summed E-state index contributed by atoms with van der Waals surface area (Å²) >= 11 is 0. The number of carboxylic acids is 1. The SMILES string of the molecule is CCN(CC)CCCNC(=O)C1CC1C(=O)O. The maximum atomic E-state index is 11.5. The molecule has 0 aromatic heterocycles. The quantitative estimate of drug-likeness (QED) is 0.610. The van der Waals surface area contributed by atoms with Gasteiger partial charge >= 0.3 is 5.97 Å². The maximum Gasteiger partial charge on any atom is 0.307 e. The number of carboxylic acid groups (broad SMARTS) is 1. The molecule has 17 heavy (non-hydrogen) atoms. The molecular formula is C12H22N2O3. The first-order chi connectivity index (χ1) is 8.10. The van der Waals surface area contributed by atoms with E-state index in [0.717, 1.165) is 26.1 Å². The van der Waals surface area contributed by atoms with E-state index >= 15 is 0 Å². The van der Waals surface area contributed by atoms with Gasteiger partial charge in [-0.15, -0.1) is 0 Å². The number of rotatable bonds is 8. The summed E-state index contributed by atoms with van der Waals surface area (Å²) in [7, 11) is 0. The van der Waals surface area contributed by atoms with Crippen LogP contribution in [0, 0.1) is 11.8 Å². The topological polar surface area (TPSA) is 69.6 Å². The van der Waals surface area contributed by atoms with Crippen LogP contribution >= 0.6 is 0 Å². The van der Waals surface area contributed by atoms with Gasteiger partial charge in [0.1, 0.15) is 0 Å². The average Bonchev–Trinajstić information content (AvgIpc) is 3.09. The van der Waals surface area contributed by atoms with Gasteiger partial charge < -0.3 is 15.3 Å². The molecule has 0 radical (unpaired) electrons. The second kappa shape index (κ2) is 6.59. The van der Waals surface area contributed by atoms with Gasteiger partial charge in [0.25, 0.3) is 0 Å². The lowest BCUT2D eigenvalue weighted by atomic mass is 10.3. The zero-order valence-electron chi connectivity index (χ0n) is 10.6. The highest BCUT2D eigenvalue weighted by atomic mass is 16.4. The molecule has 1 aliphatic rings. The van der Waals surface area contributed by atoms with Crippen LogP contribution in [0.2, 0.25) is 0 Å². The average molecular weight is 242 g/mol. The molecule has 2 atom stereocenters. The first kappa shape index (κ1) is 14.0. The van der Waals surface area contributed by atoms with Crippen molar-refractivity contribution < 1.29 is 14.7 Å². The van der Waals surface area contributed by atoms with E-state index in [1.807, 2.05) is 0 Å². The lowest BCUT2D eigenvalue weighted by molar-refractivity contribution is -0.140. The zero-order valence-corrected chi connectivity index (χ0v) is 10.6. The largest absolute Gasteiger partial charge is 0.481 e. The van der Waals surface area contributed by atoms with Gasteiger partial charge in [-0.1, -0.05) is 13.8 Å². The molecule has 1 rings (SSSR count). The predicted octanol–water partition coefficient (Wildman–Crippen LogP) is 0.555. The van der Waals surface area contributed by atoms with Gasteiger partial charge in [0.2, 0.25) is 5.91 Å². The van der Waals surface area contributed by atoms with Gasteiger partial charge in [-0.3, -0.25) is 9.59 Å². The molecule has 0 bridgehead atoms. The smallest absolute Gasteiger partial charge is 0.307 e. The van der Waals surface area contributed by atoms with Crippen molar-refractivity contribution in [3.05, 3.63) is 0 Å². The lowest BCUT2D eigenvalue weighted by Crippen LogP contribution is -2.31. The number of aliphatic carboxylic acids is 1. The number of hydrogen-bond donors (Lipinski definition) is 2.